The third-order valence-electron chi connectivity index (χ3n) is 5.75. The second-order valence-corrected chi connectivity index (χ2v) is 9.05. The van der Waals surface area contributed by atoms with Gasteiger partial charge < -0.3 is 9.64 Å². The van der Waals surface area contributed by atoms with Gasteiger partial charge >= 0.3 is 6.09 Å². The Hall–Kier alpha value is -2.81. The first-order chi connectivity index (χ1) is 13.8. The van der Waals surface area contributed by atoms with Crippen molar-refractivity contribution >= 4 is 16.9 Å². The third-order valence-corrected chi connectivity index (χ3v) is 5.75. The van der Waals surface area contributed by atoms with Gasteiger partial charge in [0.2, 0.25) is 0 Å². The van der Waals surface area contributed by atoms with E-state index in [1.54, 1.807) is 4.90 Å². The van der Waals surface area contributed by atoms with Crippen LogP contribution in [0.2, 0.25) is 0 Å². The van der Waals surface area contributed by atoms with Gasteiger partial charge in [-0.15, -0.1) is 0 Å². The van der Waals surface area contributed by atoms with E-state index in [0.29, 0.717) is 5.92 Å². The van der Waals surface area contributed by atoms with Crippen LogP contribution in [0.15, 0.2) is 66.7 Å². The number of carbonyl (C=O) groups is 1. The van der Waals surface area contributed by atoms with Crippen LogP contribution >= 0.6 is 0 Å². The number of ether oxygens (including phenoxy) is 1. The molecule has 1 aliphatic carbocycles. The first-order valence-electron chi connectivity index (χ1n) is 10.3. The fourth-order valence-corrected chi connectivity index (χ4v) is 4.38. The van der Waals surface area contributed by atoms with E-state index in [-0.39, 0.29) is 12.1 Å². The average molecular weight is 388 g/mol. The van der Waals surface area contributed by atoms with E-state index in [9.17, 15) is 4.79 Å². The van der Waals surface area contributed by atoms with E-state index in [1.807, 2.05) is 27.8 Å². The molecule has 1 amide bonds. The fraction of sp³-hybridized carbons (Fsp3) is 0.346. The molecule has 0 saturated carbocycles. The normalized spacial score (nSPS) is 18.5. The molecule has 0 fully saturated rings. The molecule has 0 heterocycles. The molecular formula is C26H29NO2. The number of amides is 1. The van der Waals surface area contributed by atoms with E-state index in [2.05, 4.69) is 66.7 Å². The van der Waals surface area contributed by atoms with Crippen molar-refractivity contribution < 1.29 is 9.53 Å². The van der Waals surface area contributed by atoms with Gasteiger partial charge in [-0.25, -0.2) is 4.79 Å². The summed E-state index contributed by atoms with van der Waals surface area (Å²) in [6.45, 7) is 5.72. The highest BCUT2D eigenvalue weighted by molar-refractivity contribution is 5.83. The number of nitrogens with zero attached hydrogens (tertiary/aromatic N) is 1. The van der Waals surface area contributed by atoms with E-state index in [4.69, 9.17) is 4.74 Å². The molecule has 3 aromatic carbocycles. The third kappa shape index (κ3) is 4.14. The summed E-state index contributed by atoms with van der Waals surface area (Å²) in [5.41, 5.74) is 3.44. The Morgan fingerprint density at radius 1 is 0.966 bits per heavy atom. The largest absolute Gasteiger partial charge is 0.444 e. The van der Waals surface area contributed by atoms with Crippen molar-refractivity contribution in [2.75, 3.05) is 7.05 Å². The Morgan fingerprint density at radius 3 is 2.34 bits per heavy atom. The summed E-state index contributed by atoms with van der Waals surface area (Å²) in [6.07, 6.45) is 1.63. The van der Waals surface area contributed by atoms with Gasteiger partial charge in [-0.2, -0.15) is 0 Å². The minimum absolute atomic E-state index is 0.0477. The average Bonchev–Trinajstić information content (AvgIpc) is 3.04. The Labute approximate surface area is 173 Å². The maximum absolute atomic E-state index is 12.7. The van der Waals surface area contributed by atoms with E-state index >= 15 is 0 Å². The summed E-state index contributed by atoms with van der Waals surface area (Å²) >= 11 is 0. The van der Waals surface area contributed by atoms with E-state index in [0.717, 1.165) is 12.8 Å². The summed E-state index contributed by atoms with van der Waals surface area (Å²) in [7, 11) is 1.86. The molecule has 3 aromatic rings. The van der Waals surface area contributed by atoms with Crippen molar-refractivity contribution in [3.63, 3.8) is 0 Å². The molecule has 0 N–H and O–H groups in total. The molecule has 0 aromatic heterocycles. The van der Waals surface area contributed by atoms with Crippen LogP contribution in [0.1, 0.15) is 55.8 Å². The highest BCUT2D eigenvalue weighted by atomic mass is 16.6. The van der Waals surface area contributed by atoms with Crippen LogP contribution in [0.25, 0.3) is 10.8 Å². The molecule has 1 aliphatic rings. The predicted octanol–water partition coefficient (Wildman–Crippen LogP) is 6.48. The summed E-state index contributed by atoms with van der Waals surface area (Å²) in [5.74, 6) is 0.391. The second kappa shape index (κ2) is 7.55. The zero-order chi connectivity index (χ0) is 20.6. The topological polar surface area (TPSA) is 29.5 Å². The zero-order valence-corrected chi connectivity index (χ0v) is 17.7. The first-order valence-corrected chi connectivity index (χ1v) is 10.3. The molecular weight excluding hydrogens is 358 g/mol. The lowest BCUT2D eigenvalue weighted by atomic mass is 9.92. The van der Waals surface area contributed by atoms with Crippen molar-refractivity contribution in [2.24, 2.45) is 0 Å². The molecule has 0 aliphatic heterocycles. The van der Waals surface area contributed by atoms with Crippen LogP contribution in [-0.2, 0) is 11.2 Å². The second-order valence-electron chi connectivity index (χ2n) is 9.05. The Bertz CT molecular complexity index is 1030. The Morgan fingerprint density at radius 2 is 1.62 bits per heavy atom. The zero-order valence-electron chi connectivity index (χ0n) is 17.7. The van der Waals surface area contributed by atoms with Crippen LogP contribution in [0, 0.1) is 0 Å². The predicted molar refractivity (Wildman–Crippen MR) is 118 cm³/mol. The Balaban J connectivity index is 1.58. The van der Waals surface area contributed by atoms with Gasteiger partial charge in [0.1, 0.15) is 5.60 Å². The van der Waals surface area contributed by atoms with Crippen LogP contribution in [0.5, 0.6) is 0 Å². The van der Waals surface area contributed by atoms with Gasteiger partial charge in [0.05, 0.1) is 6.04 Å². The molecule has 4 rings (SSSR count). The van der Waals surface area contributed by atoms with Gasteiger partial charge in [-0.1, -0.05) is 66.7 Å². The molecule has 3 heteroatoms. The monoisotopic (exact) mass is 387 g/mol. The minimum Gasteiger partial charge on any atom is -0.444 e. The van der Waals surface area contributed by atoms with Gasteiger partial charge in [0, 0.05) is 7.05 Å². The lowest BCUT2D eigenvalue weighted by Crippen LogP contribution is -2.36. The van der Waals surface area contributed by atoms with Gasteiger partial charge in [-0.05, 0) is 67.0 Å². The molecule has 2 atom stereocenters. The first kappa shape index (κ1) is 19.5. The Kier molecular flexibility index (Phi) is 5.08. The quantitative estimate of drug-likeness (QED) is 0.515. The van der Waals surface area contributed by atoms with Crippen molar-refractivity contribution in [3.05, 3.63) is 83.4 Å². The summed E-state index contributed by atoms with van der Waals surface area (Å²) in [4.78, 5) is 14.4. The highest BCUT2D eigenvalue weighted by Gasteiger charge is 2.36. The number of benzene rings is 3. The maximum Gasteiger partial charge on any atom is 0.410 e. The molecule has 29 heavy (non-hydrogen) atoms. The van der Waals surface area contributed by atoms with Crippen molar-refractivity contribution in [2.45, 2.75) is 51.2 Å². The van der Waals surface area contributed by atoms with E-state index in [1.165, 1.54) is 27.5 Å². The summed E-state index contributed by atoms with van der Waals surface area (Å²) < 4.78 is 5.62. The van der Waals surface area contributed by atoms with Crippen LogP contribution in [0.3, 0.4) is 0 Å². The van der Waals surface area contributed by atoms with Crippen LogP contribution in [-0.4, -0.2) is 23.6 Å². The highest BCUT2D eigenvalue weighted by Crippen LogP contribution is 2.45. The minimum atomic E-state index is -0.492. The van der Waals surface area contributed by atoms with Crippen LogP contribution in [0.4, 0.5) is 4.79 Å². The molecule has 0 radical (unpaired) electrons. The lowest BCUT2D eigenvalue weighted by molar-refractivity contribution is 0.0217. The van der Waals surface area contributed by atoms with Crippen molar-refractivity contribution in [3.8, 4) is 0 Å². The summed E-state index contributed by atoms with van der Waals surface area (Å²) in [5, 5.41) is 2.55. The van der Waals surface area contributed by atoms with Crippen molar-refractivity contribution in [1.29, 1.82) is 0 Å². The van der Waals surface area contributed by atoms with E-state index < -0.39 is 5.60 Å². The van der Waals surface area contributed by atoms with Gasteiger partial charge in [-0.3, -0.25) is 0 Å². The van der Waals surface area contributed by atoms with Gasteiger partial charge in [0.25, 0.3) is 0 Å². The number of fused-ring (bicyclic) bond motifs is 2. The molecule has 0 spiro atoms. The molecule has 2 unspecified atom stereocenters. The fourth-order valence-electron chi connectivity index (χ4n) is 4.38. The molecule has 150 valence electrons. The maximum atomic E-state index is 12.7. The smallest absolute Gasteiger partial charge is 0.410 e. The standard InChI is InChI=1S/C26H29NO2/c1-26(2,3)29-25(28)27(4)24-17-21(22-11-7-8-12-23(22)24)16-18-13-14-19-9-5-6-10-20(19)15-18/h5-15,21,24H,16-17H2,1-4H3. The number of rotatable bonds is 3. The molecule has 3 nitrogen and oxygen atoms in total. The molecule has 0 bridgehead atoms. The number of carbonyl (C=O) groups excluding carboxylic acids is 1. The number of hydrogen-bond acceptors (Lipinski definition) is 2. The lowest BCUT2D eigenvalue weighted by Gasteiger charge is -2.29. The van der Waals surface area contributed by atoms with Crippen LogP contribution < -0.4 is 0 Å². The molecule has 0 saturated heterocycles. The van der Waals surface area contributed by atoms with Gasteiger partial charge in [0.15, 0.2) is 0 Å². The summed E-state index contributed by atoms with van der Waals surface area (Å²) in [6, 6.07) is 23.8. The number of hydrogen-bond donors (Lipinski definition) is 0. The SMILES string of the molecule is CN(C(=O)OC(C)(C)C)C1CC(Cc2ccc3ccccc3c2)c2ccccc21. The van der Waals surface area contributed by atoms with Crippen molar-refractivity contribution in [1.82, 2.24) is 4.90 Å².